The van der Waals surface area contributed by atoms with Crippen molar-refractivity contribution >= 4 is 33.5 Å². The molecule has 0 aliphatic rings. The first kappa shape index (κ1) is 23.3. The number of rotatable bonds is 11. The first-order chi connectivity index (χ1) is 13.2. The van der Waals surface area contributed by atoms with Crippen LogP contribution >= 0.6 is 0 Å². The van der Waals surface area contributed by atoms with E-state index in [1.807, 2.05) is 0 Å². The Morgan fingerprint density at radius 1 is 1.43 bits per heavy atom. The van der Waals surface area contributed by atoms with Crippen molar-refractivity contribution in [2.75, 3.05) is 31.2 Å². The highest BCUT2D eigenvalue weighted by molar-refractivity contribution is 7.92. The molecule has 0 saturated heterocycles. The summed E-state index contributed by atoms with van der Waals surface area (Å²) in [5, 5.41) is 2.61. The molecule has 0 spiro atoms. The fourth-order valence-electron chi connectivity index (χ4n) is 2.12. The molecule has 28 heavy (non-hydrogen) atoms. The summed E-state index contributed by atoms with van der Waals surface area (Å²) < 4.78 is 43.9. The van der Waals surface area contributed by atoms with Gasteiger partial charge < -0.3 is 15.8 Å². The number of carbonyl (C=O) groups is 1. The lowest BCUT2D eigenvalue weighted by Crippen LogP contribution is -2.21. The lowest BCUT2D eigenvalue weighted by molar-refractivity contribution is -0.116. The van der Waals surface area contributed by atoms with Gasteiger partial charge in [0.25, 0.3) is 0 Å². The van der Waals surface area contributed by atoms with Crippen LogP contribution in [0.1, 0.15) is 17.5 Å². The van der Waals surface area contributed by atoms with Crippen LogP contribution in [0.4, 0.5) is 10.1 Å². The van der Waals surface area contributed by atoms with Gasteiger partial charge >= 0.3 is 0 Å². The van der Waals surface area contributed by atoms with Crippen molar-refractivity contribution < 1.29 is 22.3 Å². The quantitative estimate of drug-likeness (QED) is 0.219. The number of amidine groups is 1. The van der Waals surface area contributed by atoms with Crippen LogP contribution in [-0.4, -0.2) is 46.7 Å². The van der Waals surface area contributed by atoms with Crippen molar-refractivity contribution in [3.05, 3.63) is 47.8 Å². The Morgan fingerprint density at radius 2 is 2.14 bits per heavy atom. The maximum Gasteiger partial charge on any atom is 0.243 e. The first-order valence-electron chi connectivity index (χ1n) is 8.31. The van der Waals surface area contributed by atoms with Gasteiger partial charge in [0.15, 0.2) is 0 Å². The zero-order valence-corrected chi connectivity index (χ0v) is 16.7. The third-order valence-electron chi connectivity index (χ3n) is 3.36. The number of aliphatic imine (C=N–C) groups is 1. The molecule has 10 heteroatoms. The van der Waals surface area contributed by atoms with Crippen LogP contribution in [0.25, 0.3) is 6.08 Å². The molecular weight excluding hydrogens is 387 g/mol. The zero-order valence-electron chi connectivity index (χ0n) is 15.9. The number of carbonyl (C=O) groups excluding carboxylic acids is 1. The molecule has 0 unspecified atom stereocenters. The van der Waals surface area contributed by atoms with Crippen LogP contribution in [-0.2, 0) is 26.1 Å². The summed E-state index contributed by atoms with van der Waals surface area (Å²) in [6.45, 7) is 4.52. The average Bonchev–Trinajstić information content (AvgIpc) is 2.61. The predicted molar refractivity (Wildman–Crippen MR) is 109 cm³/mol. The highest BCUT2D eigenvalue weighted by Crippen LogP contribution is 2.24. The Morgan fingerprint density at radius 3 is 2.75 bits per heavy atom. The molecule has 0 radical (unpaired) electrons. The Bertz CT molecular complexity index is 867. The second-order valence-electron chi connectivity index (χ2n) is 5.81. The molecule has 0 aromatic heterocycles. The molecule has 8 nitrogen and oxygen atoms in total. The summed E-state index contributed by atoms with van der Waals surface area (Å²) in [7, 11) is -2.07. The van der Waals surface area contributed by atoms with Gasteiger partial charge in [-0.1, -0.05) is 18.7 Å². The number of benzene rings is 1. The van der Waals surface area contributed by atoms with E-state index < -0.39 is 15.8 Å². The highest BCUT2D eigenvalue weighted by Gasteiger charge is 2.13. The van der Waals surface area contributed by atoms with Gasteiger partial charge in [-0.05, 0) is 23.8 Å². The molecule has 154 valence electrons. The second kappa shape index (κ2) is 11.2. The topological polar surface area (TPSA) is 123 Å². The van der Waals surface area contributed by atoms with Crippen LogP contribution < -0.4 is 15.8 Å². The molecule has 1 aromatic rings. The van der Waals surface area contributed by atoms with Crippen LogP contribution in [0.2, 0.25) is 0 Å². The Kier molecular flexibility index (Phi) is 9.33. The molecule has 0 saturated carbocycles. The molecular formula is C18H25FN4O4S. The van der Waals surface area contributed by atoms with Crippen molar-refractivity contribution in [3.8, 4) is 0 Å². The third kappa shape index (κ3) is 8.78. The van der Waals surface area contributed by atoms with Crippen LogP contribution in [0, 0.1) is 5.82 Å². The van der Waals surface area contributed by atoms with Crippen molar-refractivity contribution in [3.63, 3.8) is 0 Å². The molecule has 0 fully saturated rings. The van der Waals surface area contributed by atoms with E-state index in [1.54, 1.807) is 13.2 Å². The van der Waals surface area contributed by atoms with Crippen LogP contribution in [0.3, 0.4) is 0 Å². The summed E-state index contributed by atoms with van der Waals surface area (Å²) in [6.07, 6.45) is 5.44. The van der Waals surface area contributed by atoms with Gasteiger partial charge in [0.05, 0.1) is 30.9 Å². The number of nitrogens with one attached hydrogen (secondary N) is 2. The summed E-state index contributed by atoms with van der Waals surface area (Å²) in [4.78, 5) is 15.9. The maximum absolute atomic E-state index is 14.2. The van der Waals surface area contributed by atoms with Crippen LogP contribution in [0.5, 0.6) is 0 Å². The number of ether oxygens (including phenoxy) is 1. The van der Waals surface area contributed by atoms with E-state index in [0.29, 0.717) is 31.0 Å². The molecule has 0 atom stereocenters. The fourth-order valence-corrected chi connectivity index (χ4v) is 2.71. The monoisotopic (exact) mass is 412 g/mol. The smallest absolute Gasteiger partial charge is 0.243 e. The number of sulfonamides is 1. The molecule has 4 N–H and O–H groups in total. The van der Waals surface area contributed by atoms with Gasteiger partial charge in [-0.2, -0.15) is 0 Å². The first-order valence-corrected chi connectivity index (χ1v) is 10.2. The van der Waals surface area contributed by atoms with E-state index in [4.69, 9.17) is 10.5 Å². The van der Waals surface area contributed by atoms with Gasteiger partial charge in [0.2, 0.25) is 15.9 Å². The molecule has 1 rings (SSSR count). The van der Waals surface area contributed by atoms with E-state index >= 15 is 0 Å². The fraction of sp³-hybridized carbons (Fsp3) is 0.333. The SMILES string of the molecule is C=Cc1cc(CNC(=O)C=CCC(N)=NCCOC)cc(F)c1NS(C)(=O)=O. The van der Waals surface area contributed by atoms with E-state index in [0.717, 1.165) is 12.3 Å². The summed E-state index contributed by atoms with van der Waals surface area (Å²) in [6, 6.07) is 2.68. The number of amides is 1. The molecule has 0 bridgehead atoms. The van der Waals surface area contributed by atoms with E-state index in [9.17, 15) is 17.6 Å². The summed E-state index contributed by atoms with van der Waals surface area (Å²) in [5.41, 5.74) is 6.22. The normalized spacial score (nSPS) is 12.2. The summed E-state index contributed by atoms with van der Waals surface area (Å²) >= 11 is 0. The van der Waals surface area contributed by atoms with E-state index in [2.05, 4.69) is 21.6 Å². The van der Waals surface area contributed by atoms with Crippen molar-refractivity contribution in [2.24, 2.45) is 10.7 Å². The number of halogens is 1. The number of nitrogens with two attached hydrogens (primary N) is 1. The van der Waals surface area contributed by atoms with Gasteiger partial charge in [-0.3, -0.25) is 14.5 Å². The van der Waals surface area contributed by atoms with E-state index in [1.165, 1.54) is 18.2 Å². The molecule has 0 aliphatic heterocycles. The van der Waals surface area contributed by atoms with Crippen LogP contribution in [0.15, 0.2) is 35.9 Å². The number of nitrogens with zero attached hydrogens (tertiary/aromatic N) is 1. The van der Waals surface area contributed by atoms with E-state index in [-0.39, 0.29) is 23.7 Å². The summed E-state index contributed by atoms with van der Waals surface area (Å²) in [5.74, 6) is -0.765. The van der Waals surface area contributed by atoms with Crippen molar-refractivity contribution in [1.82, 2.24) is 5.32 Å². The van der Waals surface area contributed by atoms with Gasteiger partial charge in [-0.25, -0.2) is 12.8 Å². The van der Waals surface area contributed by atoms with Gasteiger partial charge in [0, 0.05) is 25.6 Å². The second-order valence-corrected chi connectivity index (χ2v) is 7.56. The molecule has 0 aliphatic carbocycles. The Hall–Kier alpha value is -2.72. The minimum absolute atomic E-state index is 0.0531. The number of methoxy groups -OCH3 is 1. The van der Waals surface area contributed by atoms with Gasteiger partial charge in [-0.15, -0.1) is 0 Å². The number of hydrogen-bond acceptors (Lipinski definition) is 5. The average molecular weight is 412 g/mol. The molecule has 0 heterocycles. The zero-order chi connectivity index (χ0) is 21.2. The highest BCUT2D eigenvalue weighted by atomic mass is 32.2. The molecule has 1 aromatic carbocycles. The largest absolute Gasteiger partial charge is 0.387 e. The Balaban J connectivity index is 2.68. The number of anilines is 1. The predicted octanol–water partition coefficient (Wildman–Crippen LogP) is 1.41. The maximum atomic E-state index is 14.2. The van der Waals surface area contributed by atoms with Crippen molar-refractivity contribution in [1.29, 1.82) is 0 Å². The number of hydrogen-bond donors (Lipinski definition) is 3. The van der Waals surface area contributed by atoms with Crippen molar-refractivity contribution in [2.45, 2.75) is 13.0 Å². The lowest BCUT2D eigenvalue weighted by Gasteiger charge is -2.12. The lowest BCUT2D eigenvalue weighted by atomic mass is 10.1. The Labute approximate surface area is 164 Å². The standard InChI is InChI=1S/C18H25FN4O4S/c1-4-14-10-13(11-15(19)18(14)23-28(3,25)26)12-22-17(24)7-5-6-16(20)21-8-9-27-2/h4-5,7,10-11,23H,1,6,8-9,12H2,2-3H3,(H2,20,21)(H,22,24). The minimum atomic E-state index is -3.64. The minimum Gasteiger partial charge on any atom is -0.387 e. The van der Waals surface area contributed by atoms with Gasteiger partial charge in [0.1, 0.15) is 5.82 Å². The molecule has 1 amide bonds. The third-order valence-corrected chi connectivity index (χ3v) is 3.94.